The average Bonchev–Trinajstić information content (AvgIpc) is 2.02. The first kappa shape index (κ1) is 9.45. The van der Waals surface area contributed by atoms with Crippen molar-refractivity contribution in [1.29, 1.82) is 0 Å². The van der Waals surface area contributed by atoms with E-state index in [1.807, 2.05) is 0 Å². The first-order valence-corrected chi connectivity index (χ1v) is 3.86. The normalized spacial score (nSPS) is 9.69. The Labute approximate surface area is 76.0 Å². The average molecular weight is 178 g/mol. The summed E-state index contributed by atoms with van der Waals surface area (Å²) in [6.45, 7) is 3.37. The molecule has 0 aromatic heterocycles. The van der Waals surface area contributed by atoms with Crippen molar-refractivity contribution in [1.82, 2.24) is 0 Å². The summed E-state index contributed by atoms with van der Waals surface area (Å²) in [6.07, 6.45) is 0.714. The number of hydrogen-bond donors (Lipinski definition) is 1. The largest absolute Gasteiger partial charge is 0.478 e. The van der Waals surface area contributed by atoms with Gasteiger partial charge in [0.15, 0.2) is 0 Å². The second-order valence-electron chi connectivity index (χ2n) is 2.95. The molecule has 0 saturated carbocycles. The fourth-order valence-electron chi connectivity index (χ4n) is 1.40. The van der Waals surface area contributed by atoms with Crippen molar-refractivity contribution in [2.24, 2.45) is 0 Å². The van der Waals surface area contributed by atoms with E-state index in [-0.39, 0.29) is 5.56 Å². The number of hydrogen-bond acceptors (Lipinski definition) is 2. The van der Waals surface area contributed by atoms with Gasteiger partial charge in [-0.15, -0.1) is 0 Å². The summed E-state index contributed by atoms with van der Waals surface area (Å²) in [5.74, 6) is -0.951. The lowest BCUT2D eigenvalue weighted by molar-refractivity contribution is 0.0695. The van der Waals surface area contributed by atoms with Crippen LogP contribution in [0.1, 0.15) is 31.8 Å². The van der Waals surface area contributed by atoms with Crippen LogP contribution in [0.25, 0.3) is 0 Å². The van der Waals surface area contributed by atoms with Crippen molar-refractivity contribution in [2.45, 2.75) is 13.8 Å². The van der Waals surface area contributed by atoms with Gasteiger partial charge in [-0.05, 0) is 37.1 Å². The maximum Gasteiger partial charge on any atom is 0.336 e. The molecule has 0 spiro atoms. The third-order valence-corrected chi connectivity index (χ3v) is 1.90. The van der Waals surface area contributed by atoms with Crippen molar-refractivity contribution in [3.8, 4) is 0 Å². The SMILES string of the molecule is Cc1cc(C=O)cc(C)c1C(=O)O. The van der Waals surface area contributed by atoms with Gasteiger partial charge < -0.3 is 5.11 Å². The van der Waals surface area contributed by atoms with Gasteiger partial charge in [-0.3, -0.25) is 4.79 Å². The van der Waals surface area contributed by atoms with Gasteiger partial charge in [0, 0.05) is 5.56 Å². The number of carbonyl (C=O) groups excluding carboxylic acids is 1. The quantitative estimate of drug-likeness (QED) is 0.702. The van der Waals surface area contributed by atoms with Crippen molar-refractivity contribution >= 4 is 12.3 Å². The van der Waals surface area contributed by atoms with E-state index < -0.39 is 5.97 Å². The van der Waals surface area contributed by atoms with E-state index >= 15 is 0 Å². The second kappa shape index (κ2) is 3.39. The number of carboxylic acid groups (broad SMARTS) is 1. The number of aryl methyl sites for hydroxylation is 2. The third-order valence-electron chi connectivity index (χ3n) is 1.90. The fourth-order valence-corrected chi connectivity index (χ4v) is 1.40. The minimum Gasteiger partial charge on any atom is -0.478 e. The molecule has 0 unspecified atom stereocenters. The molecule has 0 atom stereocenters. The molecule has 13 heavy (non-hydrogen) atoms. The number of rotatable bonds is 2. The third kappa shape index (κ3) is 1.75. The highest BCUT2D eigenvalue weighted by atomic mass is 16.4. The number of aromatic carboxylic acids is 1. The minimum absolute atomic E-state index is 0.283. The Morgan fingerprint density at radius 2 is 1.77 bits per heavy atom. The van der Waals surface area contributed by atoms with Crippen LogP contribution in [0, 0.1) is 13.8 Å². The van der Waals surface area contributed by atoms with Gasteiger partial charge in [0.2, 0.25) is 0 Å². The van der Waals surface area contributed by atoms with Crippen LogP contribution in [0.15, 0.2) is 12.1 Å². The standard InChI is InChI=1S/C10H10O3/c1-6-3-8(5-11)4-7(2)9(6)10(12)13/h3-5H,1-2H3,(H,12,13). The van der Waals surface area contributed by atoms with Crippen LogP contribution in [-0.2, 0) is 0 Å². The zero-order valence-electron chi connectivity index (χ0n) is 7.50. The Balaban J connectivity index is 3.39. The molecule has 68 valence electrons. The number of carboxylic acids is 1. The van der Waals surface area contributed by atoms with Gasteiger partial charge in [-0.2, -0.15) is 0 Å². The maximum absolute atomic E-state index is 10.8. The van der Waals surface area contributed by atoms with Gasteiger partial charge in [-0.1, -0.05) is 0 Å². The minimum atomic E-state index is -0.951. The van der Waals surface area contributed by atoms with Crippen LogP contribution < -0.4 is 0 Å². The first-order chi connectivity index (χ1) is 6.06. The maximum atomic E-state index is 10.8. The van der Waals surface area contributed by atoms with E-state index in [2.05, 4.69) is 0 Å². The van der Waals surface area contributed by atoms with E-state index in [0.29, 0.717) is 23.0 Å². The highest BCUT2D eigenvalue weighted by Gasteiger charge is 2.11. The van der Waals surface area contributed by atoms with E-state index in [9.17, 15) is 9.59 Å². The molecule has 0 aliphatic heterocycles. The van der Waals surface area contributed by atoms with E-state index in [1.54, 1.807) is 26.0 Å². The van der Waals surface area contributed by atoms with Crippen LogP contribution in [0.5, 0.6) is 0 Å². The zero-order valence-corrected chi connectivity index (χ0v) is 7.50. The Hall–Kier alpha value is -1.64. The molecule has 0 aliphatic carbocycles. The molecule has 3 nitrogen and oxygen atoms in total. The predicted molar refractivity (Wildman–Crippen MR) is 48.3 cm³/mol. The van der Waals surface area contributed by atoms with E-state index in [0.717, 1.165) is 0 Å². The van der Waals surface area contributed by atoms with Crippen LogP contribution in [0.3, 0.4) is 0 Å². The molecule has 1 rings (SSSR count). The molecule has 3 heteroatoms. The van der Waals surface area contributed by atoms with Crippen LogP contribution in [0.2, 0.25) is 0 Å². The van der Waals surface area contributed by atoms with Gasteiger partial charge in [-0.25, -0.2) is 4.79 Å². The monoisotopic (exact) mass is 178 g/mol. The summed E-state index contributed by atoms with van der Waals surface area (Å²) in [4.78, 5) is 21.2. The lowest BCUT2D eigenvalue weighted by atomic mass is 10.00. The predicted octanol–water partition coefficient (Wildman–Crippen LogP) is 1.81. The van der Waals surface area contributed by atoms with Crippen molar-refractivity contribution < 1.29 is 14.7 Å². The summed E-state index contributed by atoms with van der Waals surface area (Å²) >= 11 is 0. The summed E-state index contributed by atoms with van der Waals surface area (Å²) in [7, 11) is 0. The molecule has 0 heterocycles. The van der Waals surface area contributed by atoms with Crippen LogP contribution in [0.4, 0.5) is 0 Å². The van der Waals surface area contributed by atoms with Crippen molar-refractivity contribution in [2.75, 3.05) is 0 Å². The van der Waals surface area contributed by atoms with E-state index in [1.165, 1.54) is 0 Å². The van der Waals surface area contributed by atoms with Gasteiger partial charge in [0.05, 0.1) is 5.56 Å². The number of carbonyl (C=O) groups is 2. The first-order valence-electron chi connectivity index (χ1n) is 3.86. The van der Waals surface area contributed by atoms with Crippen LogP contribution in [-0.4, -0.2) is 17.4 Å². The lowest BCUT2D eigenvalue weighted by Crippen LogP contribution is -2.03. The molecule has 0 aliphatic rings. The Morgan fingerprint density at radius 1 is 1.31 bits per heavy atom. The second-order valence-corrected chi connectivity index (χ2v) is 2.95. The summed E-state index contributed by atoms with van der Waals surface area (Å²) in [5, 5.41) is 8.82. The summed E-state index contributed by atoms with van der Waals surface area (Å²) < 4.78 is 0. The lowest BCUT2D eigenvalue weighted by Gasteiger charge is -2.05. The van der Waals surface area contributed by atoms with Gasteiger partial charge in [0.1, 0.15) is 6.29 Å². The summed E-state index contributed by atoms with van der Waals surface area (Å²) in [5.41, 5.74) is 2.04. The number of benzene rings is 1. The highest BCUT2D eigenvalue weighted by Crippen LogP contribution is 2.15. The molecule has 1 aromatic rings. The molecule has 0 bridgehead atoms. The molecule has 0 radical (unpaired) electrons. The van der Waals surface area contributed by atoms with Crippen LogP contribution >= 0.6 is 0 Å². The molecular formula is C10H10O3. The Kier molecular flexibility index (Phi) is 2.46. The van der Waals surface area contributed by atoms with E-state index in [4.69, 9.17) is 5.11 Å². The fraction of sp³-hybridized carbons (Fsp3) is 0.200. The number of aldehydes is 1. The smallest absolute Gasteiger partial charge is 0.336 e. The van der Waals surface area contributed by atoms with Gasteiger partial charge in [0.25, 0.3) is 0 Å². The molecule has 0 fully saturated rings. The topological polar surface area (TPSA) is 54.4 Å². The highest BCUT2D eigenvalue weighted by molar-refractivity contribution is 5.92. The molecule has 1 N–H and O–H groups in total. The molecule has 0 saturated heterocycles. The zero-order chi connectivity index (χ0) is 10.0. The molecule has 1 aromatic carbocycles. The molecule has 0 amide bonds. The summed E-state index contributed by atoms with van der Waals surface area (Å²) in [6, 6.07) is 3.15. The Morgan fingerprint density at radius 3 is 2.08 bits per heavy atom. The van der Waals surface area contributed by atoms with Crippen molar-refractivity contribution in [3.63, 3.8) is 0 Å². The Bertz CT molecular complexity index is 343. The van der Waals surface area contributed by atoms with Gasteiger partial charge >= 0.3 is 5.97 Å². The van der Waals surface area contributed by atoms with Crippen molar-refractivity contribution in [3.05, 3.63) is 34.4 Å². The molecular weight excluding hydrogens is 168 g/mol.